The number of ether oxygens (including phenoxy) is 2. The monoisotopic (exact) mass is 419 g/mol. The first-order valence-corrected chi connectivity index (χ1v) is 9.91. The third kappa shape index (κ3) is 5.25. The molecule has 2 aliphatic heterocycles. The van der Waals surface area contributed by atoms with E-state index in [2.05, 4.69) is 10.6 Å². The molecule has 2 N–H and O–H groups in total. The van der Waals surface area contributed by atoms with Crippen LogP contribution in [0.25, 0.3) is 0 Å². The predicted octanol–water partition coefficient (Wildman–Crippen LogP) is 2.41. The lowest BCUT2D eigenvalue weighted by molar-refractivity contribution is -0.385. The van der Waals surface area contributed by atoms with E-state index in [0.29, 0.717) is 26.2 Å². The quantitative estimate of drug-likeness (QED) is 0.553. The molecule has 0 spiro atoms. The van der Waals surface area contributed by atoms with E-state index in [0.717, 1.165) is 5.69 Å². The van der Waals surface area contributed by atoms with Crippen molar-refractivity contribution in [3.05, 3.63) is 40.7 Å². The molecule has 0 unspecified atom stereocenters. The zero-order valence-corrected chi connectivity index (χ0v) is 17.8. The molecule has 3 rings (SSSR count). The van der Waals surface area contributed by atoms with E-state index in [-0.39, 0.29) is 24.1 Å². The summed E-state index contributed by atoms with van der Waals surface area (Å²) in [5.41, 5.74) is -0.411. The smallest absolute Gasteiger partial charge is 0.410 e. The molecule has 1 fully saturated rings. The van der Waals surface area contributed by atoms with Gasteiger partial charge in [-0.1, -0.05) is 0 Å². The van der Waals surface area contributed by atoms with Crippen molar-refractivity contribution >= 4 is 17.5 Å². The fraction of sp³-hybridized carbons (Fsp3) is 0.550. The number of nitro benzene ring substituents is 1. The van der Waals surface area contributed by atoms with Crippen LogP contribution in [-0.4, -0.2) is 60.0 Å². The molecular weight excluding hydrogens is 390 g/mol. The van der Waals surface area contributed by atoms with Gasteiger partial charge in [0.15, 0.2) is 5.75 Å². The summed E-state index contributed by atoms with van der Waals surface area (Å²) >= 11 is 0. The van der Waals surface area contributed by atoms with E-state index in [1.165, 1.54) is 6.07 Å². The standard InChI is InChI=1S/C20H29N5O5/c1-19(2,3)30-18(26)24-11-9-23(10-12-24)15-5-6-17(16(13-15)25(27)28)29-14-20(4)21-7-8-22-20/h5-8,13,21-22H,9-12,14H2,1-4H3. The number of anilines is 1. The average molecular weight is 419 g/mol. The lowest BCUT2D eigenvalue weighted by atomic mass is 10.2. The number of nitrogens with one attached hydrogen (secondary N) is 2. The lowest BCUT2D eigenvalue weighted by Crippen LogP contribution is -2.50. The SMILES string of the molecule is CC1(COc2ccc(N3CCN(C(=O)OC(C)(C)C)CC3)cc2[N+](=O)[O-])NC=CN1. The minimum absolute atomic E-state index is 0.0865. The molecule has 164 valence electrons. The molecule has 2 heterocycles. The molecule has 0 atom stereocenters. The number of carbonyl (C=O) groups excluding carboxylic acids is 1. The topological polar surface area (TPSA) is 109 Å². The van der Waals surface area contributed by atoms with Crippen molar-refractivity contribution < 1.29 is 19.2 Å². The fourth-order valence-electron chi connectivity index (χ4n) is 3.24. The Kier molecular flexibility index (Phi) is 5.95. The second-order valence-corrected chi connectivity index (χ2v) is 8.61. The predicted molar refractivity (Wildman–Crippen MR) is 112 cm³/mol. The average Bonchev–Trinajstić information content (AvgIpc) is 3.12. The van der Waals surface area contributed by atoms with Gasteiger partial charge < -0.3 is 29.9 Å². The third-order valence-corrected chi connectivity index (χ3v) is 4.84. The van der Waals surface area contributed by atoms with Gasteiger partial charge in [-0.3, -0.25) is 10.1 Å². The second-order valence-electron chi connectivity index (χ2n) is 8.61. The van der Waals surface area contributed by atoms with Gasteiger partial charge in [-0.15, -0.1) is 0 Å². The summed E-state index contributed by atoms with van der Waals surface area (Å²) in [6, 6.07) is 4.95. The van der Waals surface area contributed by atoms with Crippen molar-refractivity contribution in [3.8, 4) is 5.75 Å². The van der Waals surface area contributed by atoms with Gasteiger partial charge in [-0.2, -0.15) is 0 Å². The molecule has 10 heteroatoms. The van der Waals surface area contributed by atoms with Gasteiger partial charge in [-0.05, 0) is 39.8 Å². The first kappa shape index (κ1) is 21.5. The van der Waals surface area contributed by atoms with Gasteiger partial charge in [0.25, 0.3) is 0 Å². The minimum Gasteiger partial charge on any atom is -0.482 e. The van der Waals surface area contributed by atoms with Crippen molar-refractivity contribution in [2.24, 2.45) is 0 Å². The number of amides is 1. The number of nitrogens with zero attached hydrogens (tertiary/aromatic N) is 3. The van der Waals surface area contributed by atoms with Crippen LogP contribution in [0.2, 0.25) is 0 Å². The maximum absolute atomic E-state index is 12.2. The highest BCUT2D eigenvalue weighted by Gasteiger charge is 2.29. The van der Waals surface area contributed by atoms with Crippen molar-refractivity contribution in [1.29, 1.82) is 0 Å². The Morgan fingerprint density at radius 1 is 1.20 bits per heavy atom. The molecule has 10 nitrogen and oxygen atoms in total. The highest BCUT2D eigenvalue weighted by molar-refractivity contribution is 5.69. The Morgan fingerprint density at radius 3 is 2.40 bits per heavy atom. The zero-order valence-electron chi connectivity index (χ0n) is 17.8. The van der Waals surface area contributed by atoms with Crippen LogP contribution >= 0.6 is 0 Å². The van der Waals surface area contributed by atoms with Crippen LogP contribution < -0.4 is 20.3 Å². The summed E-state index contributed by atoms with van der Waals surface area (Å²) in [7, 11) is 0. The van der Waals surface area contributed by atoms with Gasteiger partial charge in [0.1, 0.15) is 17.9 Å². The number of hydrogen-bond acceptors (Lipinski definition) is 8. The Hall–Kier alpha value is -3.17. The highest BCUT2D eigenvalue weighted by Crippen LogP contribution is 2.32. The van der Waals surface area contributed by atoms with Crippen molar-refractivity contribution in [3.63, 3.8) is 0 Å². The first-order chi connectivity index (χ1) is 14.1. The maximum atomic E-state index is 12.2. The van der Waals surface area contributed by atoms with E-state index < -0.39 is 16.2 Å². The molecule has 0 bridgehead atoms. The molecule has 1 saturated heterocycles. The maximum Gasteiger partial charge on any atom is 0.410 e. The number of nitro groups is 1. The fourth-order valence-corrected chi connectivity index (χ4v) is 3.24. The molecular formula is C20H29N5O5. The van der Waals surface area contributed by atoms with Crippen LogP contribution in [0.1, 0.15) is 27.7 Å². The van der Waals surface area contributed by atoms with Crippen LogP contribution in [0, 0.1) is 10.1 Å². The first-order valence-electron chi connectivity index (χ1n) is 9.91. The number of hydrogen-bond donors (Lipinski definition) is 2. The summed E-state index contributed by atoms with van der Waals surface area (Å²) in [4.78, 5) is 27.1. The summed E-state index contributed by atoms with van der Waals surface area (Å²) in [5.74, 6) is 0.216. The Labute approximate surface area is 176 Å². The highest BCUT2D eigenvalue weighted by atomic mass is 16.6. The van der Waals surface area contributed by atoms with E-state index in [1.807, 2.05) is 38.7 Å². The normalized spacial score (nSPS) is 17.9. The van der Waals surface area contributed by atoms with Gasteiger partial charge in [0.05, 0.1) is 4.92 Å². The van der Waals surface area contributed by atoms with E-state index >= 15 is 0 Å². The summed E-state index contributed by atoms with van der Waals surface area (Å²) < 4.78 is 11.1. The van der Waals surface area contributed by atoms with Crippen LogP contribution in [-0.2, 0) is 4.74 Å². The number of piperazine rings is 1. The van der Waals surface area contributed by atoms with Gasteiger partial charge in [0, 0.05) is 50.3 Å². The number of benzene rings is 1. The van der Waals surface area contributed by atoms with Crippen LogP contribution in [0.4, 0.5) is 16.2 Å². The number of rotatable bonds is 5. The largest absolute Gasteiger partial charge is 0.482 e. The molecule has 0 saturated carbocycles. The third-order valence-electron chi connectivity index (χ3n) is 4.84. The van der Waals surface area contributed by atoms with Crippen molar-refractivity contribution in [2.75, 3.05) is 37.7 Å². The molecule has 30 heavy (non-hydrogen) atoms. The molecule has 2 aliphatic rings. The Balaban J connectivity index is 1.63. The summed E-state index contributed by atoms with van der Waals surface area (Å²) in [6.07, 6.45) is 3.18. The molecule has 1 aromatic carbocycles. The minimum atomic E-state index is -0.540. The van der Waals surface area contributed by atoms with Crippen LogP contribution in [0.15, 0.2) is 30.6 Å². The Morgan fingerprint density at radius 2 is 1.83 bits per heavy atom. The van der Waals surface area contributed by atoms with E-state index in [4.69, 9.17) is 9.47 Å². The van der Waals surface area contributed by atoms with Gasteiger partial charge in [0.2, 0.25) is 0 Å². The lowest BCUT2D eigenvalue weighted by Gasteiger charge is -2.36. The van der Waals surface area contributed by atoms with Crippen molar-refractivity contribution in [1.82, 2.24) is 15.5 Å². The van der Waals surface area contributed by atoms with Crippen molar-refractivity contribution in [2.45, 2.75) is 39.0 Å². The summed E-state index contributed by atoms with van der Waals surface area (Å²) in [6.45, 7) is 9.72. The molecule has 0 aliphatic carbocycles. The molecule has 0 radical (unpaired) electrons. The zero-order chi connectivity index (χ0) is 21.9. The van der Waals surface area contributed by atoms with E-state index in [9.17, 15) is 14.9 Å². The molecule has 1 aromatic rings. The van der Waals surface area contributed by atoms with Crippen LogP contribution in [0.3, 0.4) is 0 Å². The Bertz CT molecular complexity index is 819. The number of carbonyl (C=O) groups is 1. The summed E-state index contributed by atoms with van der Waals surface area (Å²) in [5, 5.41) is 17.8. The molecule has 0 aromatic heterocycles. The van der Waals surface area contributed by atoms with E-state index in [1.54, 1.807) is 23.4 Å². The van der Waals surface area contributed by atoms with Crippen LogP contribution in [0.5, 0.6) is 5.75 Å². The molecule has 1 amide bonds. The second kappa shape index (κ2) is 8.29. The van der Waals surface area contributed by atoms with Gasteiger partial charge >= 0.3 is 11.8 Å². The van der Waals surface area contributed by atoms with Gasteiger partial charge in [-0.25, -0.2) is 4.79 Å².